The van der Waals surface area contributed by atoms with Crippen molar-refractivity contribution in [3.63, 3.8) is 0 Å². The molecule has 1 fully saturated rings. The molecule has 1 heterocycles. The minimum Gasteiger partial charge on any atom is -0.320 e. The Morgan fingerprint density at radius 2 is 2.06 bits per heavy atom. The Hall–Kier alpha value is -1.52. The summed E-state index contributed by atoms with van der Waals surface area (Å²) in [5, 5.41) is 9.10. The van der Waals surface area contributed by atoms with Crippen LogP contribution in [0.4, 0.5) is 0 Å². The summed E-state index contributed by atoms with van der Waals surface area (Å²) >= 11 is 0. The Morgan fingerprint density at radius 1 is 1.44 bits per heavy atom. The smallest absolute Gasteiger partial charge is 0.241 e. The summed E-state index contributed by atoms with van der Waals surface area (Å²) in [5.41, 5.74) is 5.92. The summed E-state index contributed by atoms with van der Waals surface area (Å²) in [6.07, 6.45) is 2.09. The van der Waals surface area contributed by atoms with Crippen LogP contribution < -0.4 is 5.73 Å². The molecule has 4 nitrogen and oxygen atoms in total. The maximum Gasteiger partial charge on any atom is 0.241 e. The number of likely N-dealkylation sites (tertiary alicyclic amines) is 1. The van der Waals surface area contributed by atoms with E-state index in [2.05, 4.69) is 17.9 Å². The largest absolute Gasteiger partial charge is 0.320 e. The first-order valence-electron chi connectivity index (χ1n) is 6.40. The zero-order valence-corrected chi connectivity index (χ0v) is 11.3. The molecule has 1 amide bonds. The third-order valence-electron chi connectivity index (χ3n) is 3.14. The fourth-order valence-electron chi connectivity index (χ4n) is 2.35. The fourth-order valence-corrected chi connectivity index (χ4v) is 2.35. The van der Waals surface area contributed by atoms with Gasteiger partial charge in [0.15, 0.2) is 0 Å². The molecule has 0 aromatic carbocycles. The van der Waals surface area contributed by atoms with E-state index in [9.17, 15) is 4.79 Å². The maximum absolute atomic E-state index is 12.3. The summed E-state index contributed by atoms with van der Waals surface area (Å²) in [5.74, 6) is 6.05. The zero-order valence-electron chi connectivity index (χ0n) is 11.3. The van der Waals surface area contributed by atoms with Gasteiger partial charge in [-0.1, -0.05) is 19.8 Å². The van der Waals surface area contributed by atoms with Crippen LogP contribution in [0, 0.1) is 29.1 Å². The molecule has 2 N–H and O–H groups in total. The molecule has 0 saturated carbocycles. The lowest BCUT2D eigenvalue weighted by Crippen LogP contribution is -2.49. The van der Waals surface area contributed by atoms with Gasteiger partial charge in [0, 0.05) is 0 Å². The topological polar surface area (TPSA) is 70.1 Å². The Labute approximate surface area is 109 Å². The molecule has 0 spiro atoms. The van der Waals surface area contributed by atoms with Gasteiger partial charge in [-0.25, -0.2) is 0 Å². The van der Waals surface area contributed by atoms with Crippen LogP contribution in [0.3, 0.4) is 0 Å². The summed E-state index contributed by atoms with van der Waals surface area (Å²) in [6.45, 7) is 5.81. The minimum atomic E-state index is -0.528. The number of nitriles is 1. The fraction of sp³-hybridized carbons (Fsp3) is 0.714. The SMILES string of the molecule is CC#CC1CCC(C#N)N1C(=O)[C@H](N)CC(C)C. The van der Waals surface area contributed by atoms with Gasteiger partial charge in [0.2, 0.25) is 5.91 Å². The predicted octanol–water partition coefficient (Wildman–Crippen LogP) is 1.27. The lowest BCUT2D eigenvalue weighted by Gasteiger charge is -2.27. The van der Waals surface area contributed by atoms with Gasteiger partial charge in [-0.05, 0) is 32.1 Å². The molecule has 18 heavy (non-hydrogen) atoms. The normalized spacial score (nSPS) is 24.3. The van der Waals surface area contributed by atoms with Gasteiger partial charge < -0.3 is 10.6 Å². The van der Waals surface area contributed by atoms with E-state index in [1.54, 1.807) is 11.8 Å². The predicted molar refractivity (Wildman–Crippen MR) is 70.1 cm³/mol. The molecule has 1 aliphatic rings. The molecule has 0 radical (unpaired) electrons. The summed E-state index contributed by atoms with van der Waals surface area (Å²) in [7, 11) is 0. The van der Waals surface area contributed by atoms with Crippen LogP contribution in [-0.4, -0.2) is 28.9 Å². The molecule has 0 aromatic heterocycles. The van der Waals surface area contributed by atoms with Crippen LogP contribution in [0.15, 0.2) is 0 Å². The van der Waals surface area contributed by atoms with Crippen molar-refractivity contribution in [2.45, 2.75) is 58.2 Å². The first-order chi connectivity index (χ1) is 8.51. The second kappa shape index (κ2) is 6.42. The standard InChI is InChI=1S/C14H21N3O/c1-4-5-11-6-7-12(9-15)17(11)14(18)13(16)8-10(2)3/h10-13H,6-8,16H2,1-3H3/t11?,12?,13-/m1/s1. The van der Waals surface area contributed by atoms with Crippen molar-refractivity contribution in [3.05, 3.63) is 0 Å². The number of nitrogens with zero attached hydrogens (tertiary/aromatic N) is 2. The number of carbonyl (C=O) groups excluding carboxylic acids is 1. The van der Waals surface area contributed by atoms with E-state index in [0.29, 0.717) is 18.8 Å². The summed E-state index contributed by atoms with van der Waals surface area (Å²) < 4.78 is 0. The molecule has 1 aliphatic heterocycles. The minimum absolute atomic E-state index is 0.138. The van der Waals surface area contributed by atoms with Crippen LogP contribution in [0.5, 0.6) is 0 Å². The highest BCUT2D eigenvalue weighted by Gasteiger charge is 2.38. The average Bonchev–Trinajstić information content (AvgIpc) is 2.70. The van der Waals surface area contributed by atoms with Crippen LogP contribution in [0.25, 0.3) is 0 Å². The molecule has 1 saturated heterocycles. The highest BCUT2D eigenvalue weighted by molar-refractivity contribution is 5.83. The molecule has 4 heteroatoms. The van der Waals surface area contributed by atoms with E-state index in [-0.39, 0.29) is 18.0 Å². The van der Waals surface area contributed by atoms with E-state index in [0.717, 1.165) is 6.42 Å². The van der Waals surface area contributed by atoms with Crippen molar-refractivity contribution in [1.82, 2.24) is 4.90 Å². The van der Waals surface area contributed by atoms with Gasteiger partial charge in [-0.2, -0.15) is 5.26 Å². The van der Waals surface area contributed by atoms with Crippen LogP contribution >= 0.6 is 0 Å². The van der Waals surface area contributed by atoms with Crippen molar-refractivity contribution in [3.8, 4) is 17.9 Å². The number of hydrogen-bond donors (Lipinski definition) is 1. The number of hydrogen-bond acceptors (Lipinski definition) is 3. The Bertz CT molecular complexity index is 399. The second-order valence-corrected chi connectivity index (χ2v) is 5.11. The molecule has 3 atom stereocenters. The third-order valence-corrected chi connectivity index (χ3v) is 3.14. The second-order valence-electron chi connectivity index (χ2n) is 5.11. The van der Waals surface area contributed by atoms with Gasteiger partial charge in [0.05, 0.1) is 18.2 Å². The lowest BCUT2D eigenvalue weighted by atomic mass is 10.0. The lowest BCUT2D eigenvalue weighted by molar-refractivity contribution is -0.134. The van der Waals surface area contributed by atoms with Crippen LogP contribution in [-0.2, 0) is 4.79 Å². The van der Waals surface area contributed by atoms with Gasteiger partial charge >= 0.3 is 0 Å². The van der Waals surface area contributed by atoms with E-state index in [4.69, 9.17) is 11.0 Å². The van der Waals surface area contributed by atoms with Crippen molar-refractivity contribution >= 4 is 5.91 Å². The van der Waals surface area contributed by atoms with E-state index >= 15 is 0 Å². The quantitative estimate of drug-likeness (QED) is 0.763. The van der Waals surface area contributed by atoms with Crippen molar-refractivity contribution in [2.75, 3.05) is 0 Å². The van der Waals surface area contributed by atoms with Crippen molar-refractivity contribution < 1.29 is 4.79 Å². The molecular formula is C14H21N3O. The number of rotatable bonds is 3. The molecule has 0 bridgehead atoms. The molecular weight excluding hydrogens is 226 g/mol. The third kappa shape index (κ3) is 3.24. The molecule has 98 valence electrons. The Kier molecular flexibility index (Phi) is 5.19. The zero-order chi connectivity index (χ0) is 13.7. The highest BCUT2D eigenvalue weighted by Crippen LogP contribution is 2.24. The maximum atomic E-state index is 12.3. The average molecular weight is 247 g/mol. The van der Waals surface area contributed by atoms with E-state index in [1.165, 1.54) is 0 Å². The molecule has 2 unspecified atom stereocenters. The number of carbonyl (C=O) groups is 1. The van der Waals surface area contributed by atoms with Gasteiger partial charge in [0.25, 0.3) is 0 Å². The van der Waals surface area contributed by atoms with Crippen molar-refractivity contribution in [2.24, 2.45) is 11.7 Å². The van der Waals surface area contributed by atoms with Crippen LogP contribution in [0.1, 0.15) is 40.0 Å². The highest BCUT2D eigenvalue weighted by atomic mass is 16.2. The Balaban J connectivity index is 2.84. The first kappa shape index (κ1) is 14.5. The molecule has 0 aliphatic carbocycles. The molecule has 1 rings (SSSR count). The van der Waals surface area contributed by atoms with Crippen molar-refractivity contribution in [1.29, 1.82) is 5.26 Å². The van der Waals surface area contributed by atoms with Gasteiger partial charge in [0.1, 0.15) is 6.04 Å². The summed E-state index contributed by atoms with van der Waals surface area (Å²) in [4.78, 5) is 13.9. The summed E-state index contributed by atoms with van der Waals surface area (Å²) in [6, 6.07) is 1.12. The monoisotopic (exact) mass is 247 g/mol. The van der Waals surface area contributed by atoms with Gasteiger partial charge in [-0.3, -0.25) is 4.79 Å². The first-order valence-corrected chi connectivity index (χ1v) is 6.40. The number of amides is 1. The van der Waals surface area contributed by atoms with E-state index in [1.807, 2.05) is 13.8 Å². The van der Waals surface area contributed by atoms with Crippen LogP contribution in [0.2, 0.25) is 0 Å². The van der Waals surface area contributed by atoms with E-state index < -0.39 is 6.04 Å². The molecule has 0 aromatic rings. The Morgan fingerprint density at radius 3 is 2.56 bits per heavy atom. The van der Waals surface area contributed by atoms with Gasteiger partial charge in [-0.15, -0.1) is 5.92 Å². The number of nitrogens with two attached hydrogens (primary N) is 1.